The van der Waals surface area contributed by atoms with E-state index in [-0.39, 0.29) is 5.54 Å². The molecule has 0 amide bonds. The maximum absolute atomic E-state index is 8.83. The Kier molecular flexibility index (Phi) is 4.08. The van der Waals surface area contributed by atoms with Crippen LogP contribution in [0.5, 0.6) is 0 Å². The van der Waals surface area contributed by atoms with Crippen LogP contribution in [0.2, 0.25) is 0 Å². The van der Waals surface area contributed by atoms with E-state index in [0.717, 1.165) is 13.1 Å². The molecule has 0 bridgehead atoms. The SMILES string of the molecule is CC(CNC(C)(C)C)Cn1ccnc1C#N. The molecule has 1 aromatic rings. The zero-order chi connectivity index (χ0) is 12.2. The van der Waals surface area contributed by atoms with Gasteiger partial charge in [0.05, 0.1) is 0 Å². The van der Waals surface area contributed by atoms with Crippen molar-refractivity contribution in [1.82, 2.24) is 14.9 Å². The molecule has 1 rings (SSSR count). The van der Waals surface area contributed by atoms with Gasteiger partial charge in [0.1, 0.15) is 6.07 Å². The molecule has 16 heavy (non-hydrogen) atoms. The Bertz CT molecular complexity index is 367. The fourth-order valence-electron chi connectivity index (χ4n) is 1.45. The van der Waals surface area contributed by atoms with Crippen molar-refractivity contribution in [1.29, 1.82) is 5.26 Å². The van der Waals surface area contributed by atoms with Crippen LogP contribution >= 0.6 is 0 Å². The number of nitriles is 1. The molecule has 0 aliphatic carbocycles. The molecule has 4 nitrogen and oxygen atoms in total. The molecule has 1 N–H and O–H groups in total. The Balaban J connectivity index is 2.46. The largest absolute Gasteiger partial charge is 0.322 e. The van der Waals surface area contributed by atoms with E-state index in [9.17, 15) is 0 Å². The molecule has 0 aromatic carbocycles. The first-order valence-electron chi connectivity index (χ1n) is 5.58. The van der Waals surface area contributed by atoms with E-state index in [4.69, 9.17) is 5.26 Å². The van der Waals surface area contributed by atoms with Crippen LogP contribution in [0.1, 0.15) is 33.5 Å². The van der Waals surface area contributed by atoms with Crippen molar-refractivity contribution in [3.05, 3.63) is 18.2 Å². The third-order valence-electron chi connectivity index (χ3n) is 2.30. The van der Waals surface area contributed by atoms with Gasteiger partial charge in [0.2, 0.25) is 5.82 Å². The number of aromatic nitrogens is 2. The lowest BCUT2D eigenvalue weighted by atomic mass is 10.1. The topological polar surface area (TPSA) is 53.6 Å². The standard InChI is InChI=1S/C12H20N4/c1-10(8-15-12(2,3)4)9-16-6-5-14-11(16)7-13/h5-6,10,15H,8-9H2,1-4H3. The average Bonchev–Trinajstić information content (AvgIpc) is 2.61. The van der Waals surface area contributed by atoms with Crippen LogP contribution in [0, 0.1) is 17.2 Å². The normalized spacial score (nSPS) is 13.4. The van der Waals surface area contributed by atoms with Gasteiger partial charge in [-0.05, 0) is 33.2 Å². The monoisotopic (exact) mass is 220 g/mol. The van der Waals surface area contributed by atoms with E-state index in [0.29, 0.717) is 11.7 Å². The molecule has 0 aliphatic rings. The van der Waals surface area contributed by atoms with Gasteiger partial charge in [-0.3, -0.25) is 0 Å². The second kappa shape index (κ2) is 5.13. The highest BCUT2D eigenvalue weighted by Gasteiger charge is 2.12. The van der Waals surface area contributed by atoms with Gasteiger partial charge in [0.15, 0.2) is 0 Å². The molecule has 4 heteroatoms. The van der Waals surface area contributed by atoms with Gasteiger partial charge in [0, 0.05) is 24.5 Å². The summed E-state index contributed by atoms with van der Waals surface area (Å²) in [6.07, 6.45) is 3.52. The second-order valence-electron chi connectivity index (χ2n) is 5.25. The van der Waals surface area contributed by atoms with Crippen molar-refractivity contribution in [3.63, 3.8) is 0 Å². The Hall–Kier alpha value is -1.34. The molecule has 88 valence electrons. The molecule has 1 aromatic heterocycles. The van der Waals surface area contributed by atoms with E-state index in [2.05, 4.69) is 44.1 Å². The fraction of sp³-hybridized carbons (Fsp3) is 0.667. The van der Waals surface area contributed by atoms with E-state index in [1.54, 1.807) is 6.20 Å². The summed E-state index contributed by atoms with van der Waals surface area (Å²) < 4.78 is 1.90. The van der Waals surface area contributed by atoms with E-state index in [1.807, 2.05) is 10.8 Å². The first-order valence-corrected chi connectivity index (χ1v) is 5.58. The minimum absolute atomic E-state index is 0.140. The summed E-state index contributed by atoms with van der Waals surface area (Å²) >= 11 is 0. The number of imidazole rings is 1. The lowest BCUT2D eigenvalue weighted by molar-refractivity contribution is 0.359. The molecule has 0 saturated carbocycles. The van der Waals surface area contributed by atoms with Crippen LogP contribution in [0.15, 0.2) is 12.4 Å². The van der Waals surface area contributed by atoms with Crippen LogP contribution in [0.4, 0.5) is 0 Å². The van der Waals surface area contributed by atoms with Crippen molar-refractivity contribution in [2.75, 3.05) is 6.54 Å². The highest BCUT2D eigenvalue weighted by molar-refractivity contribution is 5.11. The summed E-state index contributed by atoms with van der Waals surface area (Å²) in [6, 6.07) is 2.08. The first-order chi connectivity index (χ1) is 7.42. The van der Waals surface area contributed by atoms with E-state index >= 15 is 0 Å². The predicted octanol–water partition coefficient (Wildman–Crippen LogP) is 1.78. The lowest BCUT2D eigenvalue weighted by Gasteiger charge is -2.23. The number of nitrogens with one attached hydrogen (secondary N) is 1. The number of hydrogen-bond acceptors (Lipinski definition) is 3. The summed E-state index contributed by atoms with van der Waals surface area (Å²) in [4.78, 5) is 3.98. The summed E-state index contributed by atoms with van der Waals surface area (Å²) in [5, 5.41) is 12.3. The minimum Gasteiger partial charge on any atom is -0.322 e. The molecule has 1 heterocycles. The molecule has 0 spiro atoms. The van der Waals surface area contributed by atoms with E-state index < -0.39 is 0 Å². The van der Waals surface area contributed by atoms with Gasteiger partial charge in [-0.25, -0.2) is 4.98 Å². The number of hydrogen-bond donors (Lipinski definition) is 1. The summed E-state index contributed by atoms with van der Waals surface area (Å²) in [5.41, 5.74) is 0.140. The molecular weight excluding hydrogens is 200 g/mol. The van der Waals surface area contributed by atoms with Crippen molar-refractivity contribution < 1.29 is 0 Å². The van der Waals surface area contributed by atoms with Gasteiger partial charge in [-0.15, -0.1) is 0 Å². The third kappa shape index (κ3) is 4.03. The Morgan fingerprint density at radius 3 is 2.81 bits per heavy atom. The zero-order valence-corrected chi connectivity index (χ0v) is 10.5. The van der Waals surface area contributed by atoms with E-state index in [1.165, 1.54) is 0 Å². The maximum Gasteiger partial charge on any atom is 0.212 e. The fourth-order valence-corrected chi connectivity index (χ4v) is 1.45. The highest BCUT2D eigenvalue weighted by atomic mass is 15.1. The Labute approximate surface area is 97.3 Å². The quantitative estimate of drug-likeness (QED) is 0.841. The highest BCUT2D eigenvalue weighted by Crippen LogP contribution is 2.05. The van der Waals surface area contributed by atoms with Crippen molar-refractivity contribution >= 4 is 0 Å². The molecule has 0 aliphatic heterocycles. The zero-order valence-electron chi connectivity index (χ0n) is 10.5. The summed E-state index contributed by atoms with van der Waals surface area (Å²) in [7, 11) is 0. The molecular formula is C12H20N4. The molecule has 0 fully saturated rings. The Morgan fingerprint density at radius 1 is 1.56 bits per heavy atom. The lowest BCUT2D eigenvalue weighted by Crippen LogP contribution is -2.39. The van der Waals surface area contributed by atoms with Crippen LogP contribution in [-0.2, 0) is 6.54 Å². The van der Waals surface area contributed by atoms with Gasteiger partial charge in [0.25, 0.3) is 0 Å². The van der Waals surface area contributed by atoms with Crippen molar-refractivity contribution in [2.24, 2.45) is 5.92 Å². The molecule has 0 radical (unpaired) electrons. The van der Waals surface area contributed by atoms with Crippen LogP contribution in [0.3, 0.4) is 0 Å². The van der Waals surface area contributed by atoms with Gasteiger partial charge >= 0.3 is 0 Å². The first kappa shape index (κ1) is 12.7. The van der Waals surface area contributed by atoms with Gasteiger partial charge in [-0.2, -0.15) is 5.26 Å². The minimum atomic E-state index is 0.140. The summed E-state index contributed by atoms with van der Waals surface area (Å²) in [5.74, 6) is 0.961. The van der Waals surface area contributed by atoms with Crippen molar-refractivity contribution in [2.45, 2.75) is 39.8 Å². The smallest absolute Gasteiger partial charge is 0.212 e. The predicted molar refractivity (Wildman–Crippen MR) is 63.9 cm³/mol. The molecule has 1 atom stereocenters. The Morgan fingerprint density at radius 2 is 2.25 bits per heavy atom. The second-order valence-corrected chi connectivity index (χ2v) is 5.25. The molecule has 1 unspecified atom stereocenters. The number of nitrogens with zero attached hydrogens (tertiary/aromatic N) is 3. The summed E-state index contributed by atoms with van der Waals surface area (Å²) in [6.45, 7) is 10.4. The average molecular weight is 220 g/mol. The van der Waals surface area contributed by atoms with Crippen molar-refractivity contribution in [3.8, 4) is 6.07 Å². The number of rotatable bonds is 4. The third-order valence-corrected chi connectivity index (χ3v) is 2.30. The van der Waals surface area contributed by atoms with Gasteiger partial charge in [-0.1, -0.05) is 6.92 Å². The van der Waals surface area contributed by atoms with Crippen LogP contribution < -0.4 is 5.32 Å². The van der Waals surface area contributed by atoms with Crippen LogP contribution in [0.25, 0.3) is 0 Å². The van der Waals surface area contributed by atoms with Gasteiger partial charge < -0.3 is 9.88 Å². The molecule has 0 saturated heterocycles. The van der Waals surface area contributed by atoms with Crippen LogP contribution in [-0.4, -0.2) is 21.6 Å². The maximum atomic E-state index is 8.83.